The first-order valence-electron chi connectivity index (χ1n) is 9.42. The molecule has 0 saturated carbocycles. The summed E-state index contributed by atoms with van der Waals surface area (Å²) in [5.74, 6) is 0.688. The zero-order valence-corrected chi connectivity index (χ0v) is 16.8. The highest BCUT2D eigenvalue weighted by molar-refractivity contribution is 6.30. The summed E-state index contributed by atoms with van der Waals surface area (Å²) >= 11 is 5.90. The van der Waals surface area contributed by atoms with Gasteiger partial charge in [0.1, 0.15) is 0 Å². The summed E-state index contributed by atoms with van der Waals surface area (Å²) in [6.45, 7) is 3.99. The standard InChI is InChI=1S/C21H26ClN5O/c1-23-21(24-15-17-7-9-18(22)10-8-17)25-16-20(28)27-13-11-26(12-14-27)19-5-3-2-4-6-19/h2-10H,11-16H2,1H3,(H2,23,24,25). The number of carbonyl (C=O) groups is 1. The Balaban J connectivity index is 1.41. The molecular formula is C21H26ClN5O. The number of piperazine rings is 1. The van der Waals surface area contributed by atoms with Gasteiger partial charge < -0.3 is 20.4 Å². The van der Waals surface area contributed by atoms with Crippen LogP contribution in [0, 0.1) is 0 Å². The third-order valence-electron chi connectivity index (χ3n) is 4.76. The molecule has 1 saturated heterocycles. The normalized spacial score (nSPS) is 14.7. The Labute approximate surface area is 171 Å². The maximum absolute atomic E-state index is 12.5. The number of amides is 1. The molecule has 0 atom stereocenters. The third kappa shape index (κ3) is 5.63. The lowest BCUT2D eigenvalue weighted by Gasteiger charge is -2.36. The maximum Gasteiger partial charge on any atom is 0.242 e. The van der Waals surface area contributed by atoms with Crippen LogP contribution >= 0.6 is 11.6 Å². The Morgan fingerprint density at radius 3 is 2.32 bits per heavy atom. The third-order valence-corrected chi connectivity index (χ3v) is 5.01. The fourth-order valence-corrected chi connectivity index (χ4v) is 3.26. The number of halogens is 1. The number of benzene rings is 2. The fourth-order valence-electron chi connectivity index (χ4n) is 3.13. The van der Waals surface area contributed by atoms with E-state index in [1.165, 1.54) is 5.69 Å². The second-order valence-corrected chi connectivity index (χ2v) is 7.05. The predicted octanol–water partition coefficient (Wildman–Crippen LogP) is 2.35. The number of hydrogen-bond donors (Lipinski definition) is 2. The molecule has 0 aliphatic carbocycles. The van der Waals surface area contributed by atoms with Gasteiger partial charge in [0.2, 0.25) is 5.91 Å². The van der Waals surface area contributed by atoms with Gasteiger partial charge in [-0.2, -0.15) is 0 Å². The number of nitrogens with one attached hydrogen (secondary N) is 2. The van der Waals surface area contributed by atoms with E-state index < -0.39 is 0 Å². The molecule has 0 unspecified atom stereocenters. The molecule has 2 aromatic carbocycles. The lowest BCUT2D eigenvalue weighted by molar-refractivity contribution is -0.130. The van der Waals surface area contributed by atoms with Crippen molar-refractivity contribution >= 4 is 29.2 Å². The molecule has 3 rings (SSSR count). The Morgan fingerprint density at radius 2 is 1.68 bits per heavy atom. The lowest BCUT2D eigenvalue weighted by Crippen LogP contribution is -2.52. The summed E-state index contributed by atoms with van der Waals surface area (Å²) in [6, 6.07) is 17.9. The van der Waals surface area contributed by atoms with Crippen LogP contribution in [0.1, 0.15) is 5.56 Å². The molecule has 0 spiro atoms. The summed E-state index contributed by atoms with van der Waals surface area (Å²) in [4.78, 5) is 20.9. The molecule has 0 radical (unpaired) electrons. The van der Waals surface area contributed by atoms with E-state index in [2.05, 4.69) is 32.7 Å². The molecular weight excluding hydrogens is 374 g/mol. The van der Waals surface area contributed by atoms with Crippen molar-refractivity contribution in [3.05, 3.63) is 65.2 Å². The van der Waals surface area contributed by atoms with Gasteiger partial charge in [0.05, 0.1) is 6.54 Å². The molecule has 1 amide bonds. The minimum atomic E-state index is 0.0853. The first-order chi connectivity index (χ1) is 13.7. The summed E-state index contributed by atoms with van der Waals surface area (Å²) in [5.41, 5.74) is 2.30. The molecule has 1 aliphatic rings. The number of guanidine groups is 1. The van der Waals surface area contributed by atoms with Crippen molar-refractivity contribution in [2.75, 3.05) is 44.7 Å². The van der Waals surface area contributed by atoms with E-state index in [0.717, 1.165) is 31.7 Å². The average Bonchev–Trinajstić information content (AvgIpc) is 2.75. The molecule has 6 nitrogen and oxygen atoms in total. The topological polar surface area (TPSA) is 60.0 Å². The van der Waals surface area contributed by atoms with Gasteiger partial charge in [0, 0.05) is 50.5 Å². The molecule has 0 aromatic heterocycles. The van der Waals surface area contributed by atoms with Crippen LogP contribution in [0.4, 0.5) is 5.69 Å². The molecule has 2 aromatic rings. The van der Waals surface area contributed by atoms with E-state index >= 15 is 0 Å². The van der Waals surface area contributed by atoms with Gasteiger partial charge in [-0.05, 0) is 29.8 Å². The quantitative estimate of drug-likeness (QED) is 0.598. The molecule has 148 valence electrons. The van der Waals surface area contributed by atoms with E-state index in [4.69, 9.17) is 11.6 Å². The maximum atomic E-state index is 12.5. The van der Waals surface area contributed by atoms with Gasteiger partial charge in [-0.1, -0.05) is 41.9 Å². The number of carbonyl (C=O) groups excluding carboxylic acids is 1. The highest BCUT2D eigenvalue weighted by Gasteiger charge is 2.21. The van der Waals surface area contributed by atoms with Crippen LogP contribution in [0.15, 0.2) is 59.6 Å². The number of rotatable bonds is 5. The van der Waals surface area contributed by atoms with Crippen molar-refractivity contribution in [1.29, 1.82) is 0 Å². The van der Waals surface area contributed by atoms with E-state index in [1.54, 1.807) is 7.05 Å². The van der Waals surface area contributed by atoms with E-state index in [9.17, 15) is 4.79 Å². The monoisotopic (exact) mass is 399 g/mol. The van der Waals surface area contributed by atoms with Crippen LogP contribution in [0.2, 0.25) is 5.02 Å². The molecule has 1 heterocycles. The van der Waals surface area contributed by atoms with Crippen LogP contribution in [0.25, 0.3) is 0 Å². The Hall–Kier alpha value is -2.73. The molecule has 1 fully saturated rings. The second kappa shape index (κ2) is 9.99. The van der Waals surface area contributed by atoms with Crippen LogP contribution in [-0.2, 0) is 11.3 Å². The Kier molecular flexibility index (Phi) is 7.14. The van der Waals surface area contributed by atoms with Gasteiger partial charge in [-0.3, -0.25) is 9.79 Å². The summed E-state index contributed by atoms with van der Waals surface area (Å²) in [7, 11) is 1.69. The van der Waals surface area contributed by atoms with Gasteiger partial charge in [0.15, 0.2) is 5.96 Å². The van der Waals surface area contributed by atoms with Gasteiger partial charge in [-0.25, -0.2) is 0 Å². The first-order valence-corrected chi connectivity index (χ1v) is 9.80. The average molecular weight is 400 g/mol. The van der Waals surface area contributed by atoms with Crippen molar-refractivity contribution in [3.63, 3.8) is 0 Å². The minimum absolute atomic E-state index is 0.0853. The van der Waals surface area contributed by atoms with Gasteiger partial charge in [-0.15, -0.1) is 0 Å². The summed E-state index contributed by atoms with van der Waals surface area (Å²) in [6.07, 6.45) is 0. The van der Waals surface area contributed by atoms with E-state index in [-0.39, 0.29) is 12.5 Å². The van der Waals surface area contributed by atoms with E-state index in [0.29, 0.717) is 17.5 Å². The fraction of sp³-hybridized carbons (Fsp3) is 0.333. The van der Waals surface area contributed by atoms with Crippen molar-refractivity contribution in [2.24, 2.45) is 4.99 Å². The van der Waals surface area contributed by atoms with Crippen molar-refractivity contribution in [3.8, 4) is 0 Å². The van der Waals surface area contributed by atoms with Crippen molar-refractivity contribution in [2.45, 2.75) is 6.54 Å². The van der Waals surface area contributed by atoms with Crippen molar-refractivity contribution in [1.82, 2.24) is 15.5 Å². The highest BCUT2D eigenvalue weighted by atomic mass is 35.5. The number of anilines is 1. The smallest absolute Gasteiger partial charge is 0.242 e. The minimum Gasteiger partial charge on any atom is -0.368 e. The Bertz CT molecular complexity index is 786. The van der Waals surface area contributed by atoms with Crippen LogP contribution in [-0.4, -0.2) is 56.5 Å². The summed E-state index contributed by atoms with van der Waals surface area (Å²) in [5, 5.41) is 7.02. The largest absolute Gasteiger partial charge is 0.368 e. The van der Waals surface area contributed by atoms with Crippen molar-refractivity contribution < 1.29 is 4.79 Å². The second-order valence-electron chi connectivity index (χ2n) is 6.61. The van der Waals surface area contributed by atoms with Gasteiger partial charge in [0.25, 0.3) is 0 Å². The van der Waals surface area contributed by atoms with Crippen LogP contribution in [0.5, 0.6) is 0 Å². The zero-order valence-electron chi connectivity index (χ0n) is 16.1. The number of aliphatic imine (C=N–C) groups is 1. The van der Waals surface area contributed by atoms with Crippen LogP contribution in [0.3, 0.4) is 0 Å². The number of hydrogen-bond acceptors (Lipinski definition) is 3. The first kappa shape index (κ1) is 20.0. The molecule has 1 aliphatic heterocycles. The van der Waals surface area contributed by atoms with Crippen LogP contribution < -0.4 is 15.5 Å². The van der Waals surface area contributed by atoms with Gasteiger partial charge >= 0.3 is 0 Å². The molecule has 0 bridgehead atoms. The highest BCUT2D eigenvalue weighted by Crippen LogP contribution is 2.15. The predicted molar refractivity (Wildman–Crippen MR) is 115 cm³/mol. The zero-order chi connectivity index (χ0) is 19.8. The van der Waals surface area contributed by atoms with E-state index in [1.807, 2.05) is 47.4 Å². The number of nitrogens with zero attached hydrogens (tertiary/aromatic N) is 3. The molecule has 7 heteroatoms. The lowest BCUT2D eigenvalue weighted by atomic mass is 10.2. The summed E-state index contributed by atoms with van der Waals surface area (Å²) < 4.78 is 0. The number of para-hydroxylation sites is 1. The Morgan fingerprint density at radius 1 is 1.00 bits per heavy atom. The molecule has 28 heavy (non-hydrogen) atoms. The SMILES string of the molecule is CN=C(NCC(=O)N1CCN(c2ccccc2)CC1)NCc1ccc(Cl)cc1. The molecule has 2 N–H and O–H groups in total.